The molecule has 0 radical (unpaired) electrons. The fraction of sp³-hybridized carbons (Fsp3) is 0.429. The number of hydrogen-bond acceptors (Lipinski definition) is 5. The molecule has 0 aliphatic carbocycles. The maximum absolute atomic E-state index is 12.2. The van der Waals surface area contributed by atoms with Crippen molar-refractivity contribution in [3.63, 3.8) is 0 Å². The second-order valence-corrected chi connectivity index (χ2v) is 8.65. The Morgan fingerprint density at radius 1 is 1.37 bits per heavy atom. The summed E-state index contributed by atoms with van der Waals surface area (Å²) in [5.74, 6) is 0.866. The van der Waals surface area contributed by atoms with Gasteiger partial charge >= 0.3 is 0 Å². The highest BCUT2D eigenvalue weighted by atomic mass is 32.1. The lowest BCUT2D eigenvalue weighted by Gasteiger charge is -2.18. The smallest absolute Gasteiger partial charge is 0.266 e. The largest absolute Gasteiger partial charge is 0.493 e. The third-order valence-corrected chi connectivity index (χ3v) is 5.05. The van der Waals surface area contributed by atoms with E-state index in [9.17, 15) is 9.59 Å². The molecule has 0 amide bonds. The number of aromatic nitrogens is 1. The van der Waals surface area contributed by atoms with Crippen molar-refractivity contribution >= 4 is 29.3 Å². The van der Waals surface area contributed by atoms with E-state index in [2.05, 4.69) is 11.1 Å². The number of ether oxygens (including phenoxy) is 2. The normalized spacial score (nSPS) is 15.5. The quantitative estimate of drug-likeness (QED) is 0.854. The van der Waals surface area contributed by atoms with E-state index in [0.717, 1.165) is 30.8 Å². The Hall–Kier alpha value is -2.18. The average molecular weight is 388 g/mol. The molecule has 0 unspecified atom stereocenters. The third-order valence-electron chi connectivity index (χ3n) is 4.09. The first-order valence-electron chi connectivity index (χ1n) is 9.15. The molecule has 2 aromatic rings. The number of aromatic amines is 1. The summed E-state index contributed by atoms with van der Waals surface area (Å²) in [6, 6.07) is 5.96. The van der Waals surface area contributed by atoms with Gasteiger partial charge in [-0.15, -0.1) is 11.3 Å². The van der Waals surface area contributed by atoms with Gasteiger partial charge < -0.3 is 14.5 Å². The number of carbonyl (C=O) groups is 1. The number of Topliss-reactive ketones (excluding diaryl/α,β-unsaturated/α-hetero) is 1. The van der Waals surface area contributed by atoms with Crippen LogP contribution >= 0.6 is 11.3 Å². The Morgan fingerprint density at radius 2 is 2.19 bits per heavy atom. The number of H-pyrrole nitrogens is 1. The predicted molar refractivity (Wildman–Crippen MR) is 108 cm³/mol. The molecule has 6 heteroatoms. The van der Waals surface area contributed by atoms with Crippen molar-refractivity contribution in [2.45, 2.75) is 45.6 Å². The van der Waals surface area contributed by atoms with Crippen molar-refractivity contribution in [3.8, 4) is 5.75 Å². The number of nitrogens with one attached hydrogen (secondary N) is 1. The van der Waals surface area contributed by atoms with Crippen LogP contribution < -0.4 is 19.5 Å². The summed E-state index contributed by atoms with van der Waals surface area (Å²) >= 11 is 1.29. The highest BCUT2D eigenvalue weighted by Crippen LogP contribution is 2.25. The summed E-state index contributed by atoms with van der Waals surface area (Å²) in [7, 11) is 0. The van der Waals surface area contributed by atoms with Gasteiger partial charge in [0.15, 0.2) is 5.78 Å². The van der Waals surface area contributed by atoms with Crippen LogP contribution in [0.1, 0.15) is 44.7 Å². The summed E-state index contributed by atoms with van der Waals surface area (Å²) in [5.41, 5.74) is 1.69. The van der Waals surface area contributed by atoms with Gasteiger partial charge in [0.25, 0.3) is 5.56 Å². The number of thiazole rings is 1. The molecule has 0 fully saturated rings. The summed E-state index contributed by atoms with van der Waals surface area (Å²) in [6.45, 7) is 6.98. The molecule has 3 rings (SSSR count). The van der Waals surface area contributed by atoms with Gasteiger partial charge in [-0.25, -0.2) is 0 Å². The van der Waals surface area contributed by atoms with Gasteiger partial charge in [0.2, 0.25) is 0 Å². The maximum atomic E-state index is 12.2. The van der Waals surface area contributed by atoms with E-state index in [1.54, 1.807) is 0 Å². The first-order chi connectivity index (χ1) is 12.8. The van der Waals surface area contributed by atoms with Crippen molar-refractivity contribution in [1.29, 1.82) is 0 Å². The number of rotatable bonds is 5. The predicted octanol–water partition coefficient (Wildman–Crippen LogP) is 2.15. The van der Waals surface area contributed by atoms with Crippen LogP contribution in [0.2, 0.25) is 0 Å². The van der Waals surface area contributed by atoms with Crippen LogP contribution in [-0.4, -0.2) is 29.6 Å². The lowest BCUT2D eigenvalue weighted by molar-refractivity contribution is -0.115. The summed E-state index contributed by atoms with van der Waals surface area (Å²) in [5, 5.41) is 0. The van der Waals surface area contributed by atoms with E-state index in [-0.39, 0.29) is 16.9 Å². The Balaban J connectivity index is 1.77. The molecule has 0 atom stereocenters. The van der Waals surface area contributed by atoms with Gasteiger partial charge in [-0.1, -0.05) is 6.07 Å². The van der Waals surface area contributed by atoms with Crippen LogP contribution in [0.15, 0.2) is 23.0 Å². The van der Waals surface area contributed by atoms with Crippen LogP contribution in [0.4, 0.5) is 0 Å². The third kappa shape index (κ3) is 5.65. The molecular weight excluding hydrogens is 362 g/mol. The summed E-state index contributed by atoms with van der Waals surface area (Å²) in [4.78, 5) is 27.0. The van der Waals surface area contributed by atoms with Crippen molar-refractivity contribution in [1.82, 2.24) is 4.98 Å². The zero-order valence-electron chi connectivity index (χ0n) is 16.0. The van der Waals surface area contributed by atoms with Crippen LogP contribution in [0.25, 0.3) is 12.2 Å². The fourth-order valence-corrected chi connectivity index (χ4v) is 3.73. The number of aryl methyl sites for hydroxylation is 1. The molecule has 144 valence electrons. The lowest BCUT2D eigenvalue weighted by atomic mass is 10.0. The van der Waals surface area contributed by atoms with Crippen LogP contribution in [0, 0.1) is 0 Å². The molecule has 1 aliphatic heterocycles. The molecule has 1 aliphatic rings. The average Bonchev–Trinajstić information content (AvgIpc) is 2.92. The van der Waals surface area contributed by atoms with Gasteiger partial charge in [-0.3, -0.25) is 9.59 Å². The van der Waals surface area contributed by atoms with Gasteiger partial charge in [-0.2, -0.15) is 0 Å². The highest BCUT2D eigenvalue weighted by molar-refractivity contribution is 7.07. The lowest BCUT2D eigenvalue weighted by Crippen LogP contribution is -2.21. The molecule has 0 saturated carbocycles. The first-order valence-corrected chi connectivity index (χ1v) is 9.97. The molecule has 0 saturated heterocycles. The second-order valence-electron chi connectivity index (χ2n) is 7.57. The number of hydrogen-bond donors (Lipinski definition) is 1. The number of ketones is 1. The van der Waals surface area contributed by atoms with Crippen molar-refractivity contribution < 1.29 is 14.3 Å². The highest BCUT2D eigenvalue weighted by Gasteiger charge is 2.11. The van der Waals surface area contributed by atoms with Crippen molar-refractivity contribution in [3.05, 3.63) is 48.9 Å². The summed E-state index contributed by atoms with van der Waals surface area (Å²) < 4.78 is 12.3. The molecule has 2 heterocycles. The van der Waals surface area contributed by atoms with E-state index in [0.29, 0.717) is 22.2 Å². The Labute approximate surface area is 162 Å². The van der Waals surface area contributed by atoms with E-state index < -0.39 is 0 Å². The van der Waals surface area contributed by atoms with E-state index in [1.807, 2.05) is 39.0 Å². The van der Waals surface area contributed by atoms with Gasteiger partial charge in [0.1, 0.15) is 5.75 Å². The van der Waals surface area contributed by atoms with Gasteiger partial charge in [0, 0.05) is 12.5 Å². The molecule has 0 spiro atoms. The number of fused-ring (bicyclic) bond motifs is 1. The Kier molecular flexibility index (Phi) is 5.97. The van der Waals surface area contributed by atoms with Gasteiger partial charge in [-0.05, 0) is 62.9 Å². The van der Waals surface area contributed by atoms with Crippen molar-refractivity contribution in [2.24, 2.45) is 0 Å². The molecule has 1 aromatic carbocycles. The zero-order valence-corrected chi connectivity index (χ0v) is 16.8. The minimum absolute atomic E-state index is 0.0609. The molecule has 27 heavy (non-hydrogen) atoms. The SMILES string of the molecule is CC(C)(C)OCCC(=O)/C=c1\[nH]c(=O)/c(=C/c2ccc3c(c2)CCCO3)s1. The van der Waals surface area contributed by atoms with E-state index >= 15 is 0 Å². The zero-order chi connectivity index (χ0) is 19.4. The topological polar surface area (TPSA) is 68.4 Å². The molecule has 0 bridgehead atoms. The first kappa shape index (κ1) is 19.6. The Morgan fingerprint density at radius 3 is 2.96 bits per heavy atom. The monoisotopic (exact) mass is 387 g/mol. The molecule has 1 aromatic heterocycles. The molecule has 5 nitrogen and oxygen atoms in total. The molecular formula is C21H25NO4S. The Bertz CT molecular complexity index is 994. The number of benzene rings is 1. The van der Waals surface area contributed by atoms with Crippen LogP contribution in [0.5, 0.6) is 5.75 Å². The second kappa shape index (κ2) is 8.23. The fourth-order valence-electron chi connectivity index (χ4n) is 2.82. The van der Waals surface area contributed by atoms with Gasteiger partial charge in [0.05, 0.1) is 28.0 Å². The van der Waals surface area contributed by atoms with Crippen LogP contribution in [0.3, 0.4) is 0 Å². The molecule has 1 N–H and O–H groups in total. The van der Waals surface area contributed by atoms with E-state index in [1.165, 1.54) is 23.0 Å². The summed E-state index contributed by atoms with van der Waals surface area (Å²) in [6.07, 6.45) is 5.62. The minimum atomic E-state index is -0.264. The van der Waals surface area contributed by atoms with E-state index in [4.69, 9.17) is 9.47 Å². The number of carbonyl (C=O) groups excluding carboxylic acids is 1. The van der Waals surface area contributed by atoms with Crippen molar-refractivity contribution in [2.75, 3.05) is 13.2 Å². The minimum Gasteiger partial charge on any atom is -0.493 e. The standard InChI is InChI=1S/C21H25NO4S/c1-21(2,3)26-10-8-16(23)13-19-22-20(24)18(27-19)12-14-6-7-17-15(11-14)5-4-9-25-17/h6-7,11-13H,4-5,8-10H2,1-3H3,(H,22,24)/b18-12-,19-13+. The van der Waals surface area contributed by atoms with Crippen LogP contribution in [-0.2, 0) is 16.0 Å². The maximum Gasteiger partial charge on any atom is 0.266 e.